The van der Waals surface area contributed by atoms with Crippen molar-refractivity contribution < 1.29 is 31.8 Å². The quantitative estimate of drug-likeness (QED) is 0.553. The van der Waals surface area contributed by atoms with Gasteiger partial charge in [-0.05, 0) is 12.1 Å². The first-order valence-corrected chi connectivity index (χ1v) is 8.82. The molecule has 0 saturated carbocycles. The molecule has 30 heavy (non-hydrogen) atoms. The highest BCUT2D eigenvalue weighted by Crippen LogP contribution is 2.33. The van der Waals surface area contributed by atoms with Gasteiger partial charge in [0.2, 0.25) is 5.88 Å². The molecule has 160 valence electrons. The highest BCUT2D eigenvalue weighted by Gasteiger charge is 2.33. The van der Waals surface area contributed by atoms with Crippen molar-refractivity contribution in [2.75, 3.05) is 13.2 Å². The molecule has 0 saturated heterocycles. The van der Waals surface area contributed by atoms with Gasteiger partial charge in [0.15, 0.2) is 11.6 Å². The lowest BCUT2D eigenvalue weighted by atomic mass is 9.97. The number of hydrogen-bond acceptors (Lipinski definition) is 4. The molecule has 1 aromatic carbocycles. The summed E-state index contributed by atoms with van der Waals surface area (Å²) in [6, 6.07) is 5.31. The Labute approximate surface area is 168 Å². The molecule has 0 unspecified atom stereocenters. The number of nitrogens with zero attached hydrogens (tertiary/aromatic N) is 2. The molecule has 10 heteroatoms. The van der Waals surface area contributed by atoms with Crippen LogP contribution in [0.5, 0.6) is 5.88 Å². The van der Waals surface area contributed by atoms with Gasteiger partial charge >= 0.3 is 6.18 Å². The Bertz CT molecular complexity index is 1030. The van der Waals surface area contributed by atoms with Crippen LogP contribution in [-0.4, -0.2) is 33.3 Å². The van der Waals surface area contributed by atoms with E-state index in [9.17, 15) is 27.1 Å². The summed E-state index contributed by atoms with van der Waals surface area (Å²) in [6.07, 6.45) is -2.88. The van der Waals surface area contributed by atoms with Gasteiger partial charge in [-0.15, -0.1) is 0 Å². The number of H-pyrrole nitrogens is 1. The van der Waals surface area contributed by atoms with Gasteiger partial charge in [-0.3, -0.25) is 0 Å². The van der Waals surface area contributed by atoms with Crippen molar-refractivity contribution in [1.29, 1.82) is 0 Å². The van der Waals surface area contributed by atoms with Crippen molar-refractivity contribution in [1.82, 2.24) is 15.0 Å². The van der Waals surface area contributed by atoms with E-state index in [0.717, 1.165) is 6.07 Å². The van der Waals surface area contributed by atoms with Gasteiger partial charge in [0.1, 0.15) is 11.5 Å². The van der Waals surface area contributed by atoms with Crippen LogP contribution in [0.25, 0.3) is 22.5 Å². The number of aliphatic hydroxyl groups excluding tert-OH is 1. The van der Waals surface area contributed by atoms with E-state index in [1.165, 1.54) is 24.4 Å². The third-order valence-corrected chi connectivity index (χ3v) is 4.30. The van der Waals surface area contributed by atoms with Crippen LogP contribution in [0.15, 0.2) is 36.7 Å². The maximum atomic E-state index is 14.6. The SMILES string of the molecule is CC(C)(CO)COc1ccc(-c2ccc(-c3ncc(C(F)(F)F)[nH]3)c(F)c2F)cn1. The Morgan fingerprint density at radius 2 is 1.63 bits per heavy atom. The number of ether oxygens (including phenoxy) is 1. The predicted octanol–water partition coefficient (Wildman–Crippen LogP) is 4.83. The zero-order chi connectivity index (χ0) is 22.1. The van der Waals surface area contributed by atoms with Crippen molar-refractivity contribution in [3.05, 3.63) is 54.0 Å². The topological polar surface area (TPSA) is 71.0 Å². The maximum absolute atomic E-state index is 14.6. The summed E-state index contributed by atoms with van der Waals surface area (Å²) >= 11 is 0. The van der Waals surface area contributed by atoms with Gasteiger partial charge in [-0.1, -0.05) is 19.9 Å². The van der Waals surface area contributed by atoms with Crippen LogP contribution in [-0.2, 0) is 6.18 Å². The minimum Gasteiger partial charge on any atom is -0.477 e. The number of rotatable bonds is 6. The molecule has 0 fully saturated rings. The zero-order valence-electron chi connectivity index (χ0n) is 16.0. The lowest BCUT2D eigenvalue weighted by Crippen LogP contribution is -2.25. The molecule has 3 rings (SSSR count). The van der Waals surface area contributed by atoms with Crippen LogP contribution in [0, 0.1) is 17.0 Å². The maximum Gasteiger partial charge on any atom is 0.432 e. The Morgan fingerprint density at radius 3 is 2.20 bits per heavy atom. The largest absolute Gasteiger partial charge is 0.477 e. The molecule has 0 radical (unpaired) electrons. The molecular weight excluding hydrogens is 409 g/mol. The molecule has 0 spiro atoms. The van der Waals surface area contributed by atoms with Crippen LogP contribution in [0.2, 0.25) is 0 Å². The average Bonchev–Trinajstić information content (AvgIpc) is 3.19. The number of imidazole rings is 1. The number of pyridine rings is 1. The number of halogens is 5. The molecule has 0 amide bonds. The molecule has 3 aromatic rings. The lowest BCUT2D eigenvalue weighted by Gasteiger charge is -2.21. The van der Waals surface area contributed by atoms with Gasteiger partial charge in [0, 0.05) is 28.8 Å². The summed E-state index contributed by atoms with van der Waals surface area (Å²) < 4.78 is 72.7. The van der Waals surface area contributed by atoms with Crippen LogP contribution in [0.1, 0.15) is 19.5 Å². The summed E-state index contributed by atoms with van der Waals surface area (Å²) in [7, 11) is 0. The standard InChI is InChI=1S/C20H18F5N3O2/c1-19(2,9-29)10-30-15-6-3-11(7-26-15)12-4-5-13(17(22)16(12)21)18-27-8-14(28-18)20(23,24)25/h3-8,29H,9-10H2,1-2H3,(H,27,28). The van der Waals surface area contributed by atoms with Crippen LogP contribution >= 0.6 is 0 Å². The van der Waals surface area contributed by atoms with Gasteiger partial charge < -0.3 is 14.8 Å². The summed E-state index contributed by atoms with van der Waals surface area (Å²) in [5.74, 6) is -2.76. The second kappa shape index (κ2) is 8.02. The predicted molar refractivity (Wildman–Crippen MR) is 98.5 cm³/mol. The van der Waals surface area contributed by atoms with E-state index in [1.807, 2.05) is 4.98 Å². The molecule has 2 heterocycles. The Balaban J connectivity index is 1.84. The Morgan fingerprint density at radius 1 is 0.967 bits per heavy atom. The highest BCUT2D eigenvalue weighted by molar-refractivity contribution is 5.69. The van der Waals surface area contributed by atoms with Crippen molar-refractivity contribution >= 4 is 0 Å². The highest BCUT2D eigenvalue weighted by atomic mass is 19.4. The average molecular weight is 427 g/mol. The molecule has 0 aliphatic carbocycles. The van der Waals surface area contributed by atoms with E-state index in [1.54, 1.807) is 13.8 Å². The fraction of sp³-hybridized carbons (Fsp3) is 0.300. The number of hydrogen-bond donors (Lipinski definition) is 2. The molecule has 2 aromatic heterocycles. The summed E-state index contributed by atoms with van der Waals surface area (Å²) in [5, 5.41) is 9.23. The van der Waals surface area contributed by atoms with E-state index < -0.39 is 40.3 Å². The van der Waals surface area contributed by atoms with Gasteiger partial charge in [-0.25, -0.2) is 18.7 Å². The molecule has 5 nitrogen and oxygen atoms in total. The van der Waals surface area contributed by atoms with Crippen LogP contribution in [0.3, 0.4) is 0 Å². The summed E-state index contributed by atoms with van der Waals surface area (Å²) in [5.41, 5.74) is -1.92. The second-order valence-corrected chi connectivity index (χ2v) is 7.43. The molecule has 0 bridgehead atoms. The smallest absolute Gasteiger partial charge is 0.432 e. The fourth-order valence-corrected chi connectivity index (χ4v) is 2.50. The first-order valence-electron chi connectivity index (χ1n) is 8.82. The molecular formula is C20H18F5N3O2. The third kappa shape index (κ3) is 4.59. The third-order valence-electron chi connectivity index (χ3n) is 4.30. The number of nitrogens with one attached hydrogen (secondary N) is 1. The van der Waals surface area contributed by atoms with Crippen molar-refractivity contribution in [3.63, 3.8) is 0 Å². The van der Waals surface area contributed by atoms with Crippen LogP contribution in [0.4, 0.5) is 22.0 Å². The Hall–Kier alpha value is -3.01. The van der Waals surface area contributed by atoms with E-state index >= 15 is 0 Å². The fourth-order valence-electron chi connectivity index (χ4n) is 2.50. The number of aromatic amines is 1. The van der Waals surface area contributed by atoms with Crippen molar-refractivity contribution in [3.8, 4) is 28.4 Å². The Kier molecular flexibility index (Phi) is 5.80. The lowest BCUT2D eigenvalue weighted by molar-refractivity contribution is -0.140. The normalized spacial score (nSPS) is 12.3. The number of aliphatic hydroxyl groups is 1. The van der Waals surface area contributed by atoms with Crippen molar-refractivity contribution in [2.45, 2.75) is 20.0 Å². The molecule has 0 aliphatic heterocycles. The number of benzene rings is 1. The minimum atomic E-state index is -4.68. The first-order chi connectivity index (χ1) is 14.0. The minimum absolute atomic E-state index is 0.0813. The van der Waals surface area contributed by atoms with E-state index in [-0.39, 0.29) is 30.2 Å². The van der Waals surface area contributed by atoms with Crippen LogP contribution < -0.4 is 4.74 Å². The van der Waals surface area contributed by atoms with Gasteiger partial charge in [-0.2, -0.15) is 13.2 Å². The monoisotopic (exact) mass is 427 g/mol. The van der Waals surface area contributed by atoms with Crippen molar-refractivity contribution in [2.24, 2.45) is 5.41 Å². The van der Waals surface area contributed by atoms with Gasteiger partial charge in [0.25, 0.3) is 0 Å². The molecule has 0 aliphatic rings. The second-order valence-electron chi connectivity index (χ2n) is 7.43. The number of aromatic nitrogens is 3. The van der Waals surface area contributed by atoms with E-state index in [4.69, 9.17) is 4.74 Å². The molecule has 2 N–H and O–H groups in total. The summed E-state index contributed by atoms with van der Waals surface area (Å²) in [4.78, 5) is 9.47. The first kappa shape index (κ1) is 21.7. The molecule has 0 atom stereocenters. The van der Waals surface area contributed by atoms with E-state index in [0.29, 0.717) is 6.20 Å². The van der Waals surface area contributed by atoms with Gasteiger partial charge in [0.05, 0.1) is 25.0 Å². The summed E-state index contributed by atoms with van der Waals surface area (Å²) in [6.45, 7) is 3.73. The van der Waals surface area contributed by atoms with E-state index in [2.05, 4.69) is 9.97 Å². The zero-order valence-corrected chi connectivity index (χ0v) is 16.0. The number of alkyl halides is 3.